The zero-order valence-corrected chi connectivity index (χ0v) is 15.1. The summed E-state index contributed by atoms with van der Waals surface area (Å²) in [7, 11) is 0. The molecule has 2 fully saturated rings. The van der Waals surface area contributed by atoms with Gasteiger partial charge in [0.25, 0.3) is 0 Å². The minimum Gasteiger partial charge on any atom is -0.378 e. The number of ether oxygens (including phenoxy) is 1. The number of nitrogens with zero attached hydrogens (tertiary/aromatic N) is 2. The van der Waals surface area contributed by atoms with Crippen molar-refractivity contribution in [2.24, 2.45) is 5.92 Å². The molecule has 0 unspecified atom stereocenters. The van der Waals surface area contributed by atoms with Gasteiger partial charge in [-0.15, -0.1) is 11.3 Å². The van der Waals surface area contributed by atoms with Gasteiger partial charge in [0.15, 0.2) is 0 Å². The molecule has 1 amide bonds. The van der Waals surface area contributed by atoms with Gasteiger partial charge in [0.05, 0.1) is 17.6 Å². The molecule has 0 saturated carbocycles. The summed E-state index contributed by atoms with van der Waals surface area (Å²) in [5.41, 5.74) is 0. The molecule has 3 rings (SSSR count). The Morgan fingerprint density at radius 1 is 1.30 bits per heavy atom. The fourth-order valence-corrected chi connectivity index (χ4v) is 4.62. The Hall–Kier alpha value is -0.620. The van der Waals surface area contributed by atoms with E-state index in [0.717, 1.165) is 43.5 Å². The molecule has 2 saturated heterocycles. The highest BCUT2D eigenvalue weighted by Crippen LogP contribution is 2.26. The lowest BCUT2D eigenvalue weighted by Crippen LogP contribution is -2.41. The number of morpholine rings is 1. The van der Waals surface area contributed by atoms with E-state index in [1.54, 1.807) is 11.3 Å². The second kappa shape index (κ2) is 8.47. The molecule has 128 valence electrons. The molecule has 1 aromatic heterocycles. The molecule has 0 bridgehead atoms. The SMILES string of the molecule is O=C(CC[C@H]1CCCN(Cc2ccc(Cl)s2)C1)N1CCOCC1. The molecule has 2 aliphatic heterocycles. The molecule has 0 spiro atoms. The smallest absolute Gasteiger partial charge is 0.222 e. The Kier molecular flexibility index (Phi) is 6.34. The summed E-state index contributed by atoms with van der Waals surface area (Å²) in [4.78, 5) is 18.1. The molecular formula is C17H25ClN2O2S. The molecular weight excluding hydrogens is 332 g/mol. The van der Waals surface area contributed by atoms with Crippen LogP contribution < -0.4 is 0 Å². The van der Waals surface area contributed by atoms with Crippen LogP contribution in [-0.2, 0) is 16.1 Å². The quantitative estimate of drug-likeness (QED) is 0.811. The van der Waals surface area contributed by atoms with E-state index in [1.807, 2.05) is 11.0 Å². The summed E-state index contributed by atoms with van der Waals surface area (Å²) in [5.74, 6) is 0.944. The summed E-state index contributed by atoms with van der Waals surface area (Å²) in [6, 6.07) is 4.10. The Balaban J connectivity index is 1.42. The van der Waals surface area contributed by atoms with Gasteiger partial charge in [0, 0.05) is 37.5 Å². The third-order valence-corrected chi connectivity index (χ3v) is 5.96. The Labute approximate surface area is 147 Å². The normalized spacial score (nSPS) is 23.2. The average molecular weight is 357 g/mol. The van der Waals surface area contributed by atoms with Crippen LogP contribution in [0.25, 0.3) is 0 Å². The van der Waals surface area contributed by atoms with Crippen molar-refractivity contribution in [1.29, 1.82) is 0 Å². The van der Waals surface area contributed by atoms with Crippen LogP contribution in [0.15, 0.2) is 12.1 Å². The van der Waals surface area contributed by atoms with Gasteiger partial charge in [-0.3, -0.25) is 9.69 Å². The second-order valence-electron chi connectivity index (χ2n) is 6.48. The number of piperidine rings is 1. The molecule has 23 heavy (non-hydrogen) atoms. The van der Waals surface area contributed by atoms with E-state index >= 15 is 0 Å². The molecule has 0 N–H and O–H groups in total. The minimum atomic E-state index is 0.301. The highest BCUT2D eigenvalue weighted by atomic mass is 35.5. The van der Waals surface area contributed by atoms with E-state index in [4.69, 9.17) is 16.3 Å². The molecule has 3 heterocycles. The van der Waals surface area contributed by atoms with Crippen LogP contribution in [0, 0.1) is 5.92 Å². The maximum Gasteiger partial charge on any atom is 0.222 e. The largest absolute Gasteiger partial charge is 0.378 e. The van der Waals surface area contributed by atoms with Crippen LogP contribution in [0.1, 0.15) is 30.6 Å². The van der Waals surface area contributed by atoms with Gasteiger partial charge in [-0.05, 0) is 43.9 Å². The molecule has 1 aromatic rings. The maximum absolute atomic E-state index is 12.3. The fourth-order valence-electron chi connectivity index (χ4n) is 3.49. The van der Waals surface area contributed by atoms with Gasteiger partial charge in [0.2, 0.25) is 5.91 Å². The number of rotatable bonds is 5. The molecule has 6 heteroatoms. The number of amides is 1. The van der Waals surface area contributed by atoms with E-state index in [9.17, 15) is 4.79 Å². The first-order chi connectivity index (χ1) is 11.2. The zero-order chi connectivity index (χ0) is 16.1. The molecule has 2 aliphatic rings. The second-order valence-corrected chi connectivity index (χ2v) is 8.28. The predicted molar refractivity (Wildman–Crippen MR) is 94.0 cm³/mol. The number of thiophene rings is 1. The highest BCUT2D eigenvalue weighted by Gasteiger charge is 2.23. The van der Waals surface area contributed by atoms with Gasteiger partial charge in [0.1, 0.15) is 0 Å². The maximum atomic E-state index is 12.3. The van der Waals surface area contributed by atoms with Crippen molar-refractivity contribution in [3.8, 4) is 0 Å². The van der Waals surface area contributed by atoms with Gasteiger partial charge in [-0.1, -0.05) is 11.6 Å². The van der Waals surface area contributed by atoms with Crippen LogP contribution in [-0.4, -0.2) is 55.1 Å². The Morgan fingerprint density at radius 3 is 2.87 bits per heavy atom. The van der Waals surface area contributed by atoms with Crippen LogP contribution in [0.5, 0.6) is 0 Å². The molecule has 0 aliphatic carbocycles. The molecule has 0 radical (unpaired) electrons. The number of halogens is 1. The number of hydrogen-bond acceptors (Lipinski definition) is 4. The molecule has 1 atom stereocenters. The van der Waals surface area contributed by atoms with Crippen LogP contribution in [0.2, 0.25) is 4.34 Å². The van der Waals surface area contributed by atoms with Gasteiger partial charge in [-0.25, -0.2) is 0 Å². The van der Waals surface area contributed by atoms with E-state index in [-0.39, 0.29) is 0 Å². The monoisotopic (exact) mass is 356 g/mol. The zero-order valence-electron chi connectivity index (χ0n) is 13.5. The number of hydrogen-bond donors (Lipinski definition) is 0. The highest BCUT2D eigenvalue weighted by molar-refractivity contribution is 7.16. The van der Waals surface area contributed by atoms with Crippen molar-refractivity contribution in [3.63, 3.8) is 0 Å². The number of carbonyl (C=O) groups is 1. The summed E-state index contributed by atoms with van der Waals surface area (Å²) in [6.07, 6.45) is 4.18. The molecule has 4 nitrogen and oxygen atoms in total. The van der Waals surface area contributed by atoms with E-state index in [2.05, 4.69) is 11.0 Å². The van der Waals surface area contributed by atoms with Crippen LogP contribution >= 0.6 is 22.9 Å². The third-order valence-electron chi connectivity index (χ3n) is 4.74. The molecule has 0 aromatic carbocycles. The van der Waals surface area contributed by atoms with Gasteiger partial charge < -0.3 is 9.64 Å². The first-order valence-corrected chi connectivity index (χ1v) is 9.72. The Bertz CT molecular complexity index is 516. The van der Waals surface area contributed by atoms with Gasteiger partial charge in [-0.2, -0.15) is 0 Å². The van der Waals surface area contributed by atoms with Crippen molar-refractivity contribution >= 4 is 28.8 Å². The lowest BCUT2D eigenvalue weighted by molar-refractivity contribution is -0.135. The lowest BCUT2D eigenvalue weighted by Gasteiger charge is -2.33. The summed E-state index contributed by atoms with van der Waals surface area (Å²) in [6.45, 7) is 6.14. The van der Waals surface area contributed by atoms with Crippen LogP contribution in [0.3, 0.4) is 0 Å². The number of carbonyl (C=O) groups excluding carboxylic acids is 1. The summed E-state index contributed by atoms with van der Waals surface area (Å²) in [5, 5.41) is 0. The van der Waals surface area contributed by atoms with Crippen molar-refractivity contribution in [1.82, 2.24) is 9.80 Å². The van der Waals surface area contributed by atoms with Crippen molar-refractivity contribution in [3.05, 3.63) is 21.3 Å². The van der Waals surface area contributed by atoms with Gasteiger partial charge >= 0.3 is 0 Å². The predicted octanol–water partition coefficient (Wildman–Crippen LogP) is 3.25. The third kappa shape index (κ3) is 5.18. The van der Waals surface area contributed by atoms with Crippen molar-refractivity contribution in [2.75, 3.05) is 39.4 Å². The first kappa shape index (κ1) is 17.2. The summed E-state index contributed by atoms with van der Waals surface area (Å²) >= 11 is 7.68. The standard InChI is InChI=1S/C17H25ClN2O2S/c18-16-5-4-15(23-16)13-19-7-1-2-14(12-19)3-6-17(21)20-8-10-22-11-9-20/h4-5,14H,1-3,6-13H2/t14-/m1/s1. The fraction of sp³-hybridized carbons (Fsp3) is 0.706. The first-order valence-electron chi connectivity index (χ1n) is 8.53. The van der Waals surface area contributed by atoms with Crippen LogP contribution in [0.4, 0.5) is 0 Å². The lowest BCUT2D eigenvalue weighted by atomic mass is 9.93. The topological polar surface area (TPSA) is 32.8 Å². The minimum absolute atomic E-state index is 0.301. The van der Waals surface area contributed by atoms with Crippen molar-refractivity contribution in [2.45, 2.75) is 32.2 Å². The average Bonchev–Trinajstić information content (AvgIpc) is 2.99. The van der Waals surface area contributed by atoms with E-state index < -0.39 is 0 Å². The van der Waals surface area contributed by atoms with Crippen molar-refractivity contribution < 1.29 is 9.53 Å². The van der Waals surface area contributed by atoms with E-state index in [0.29, 0.717) is 31.5 Å². The van der Waals surface area contributed by atoms with E-state index in [1.165, 1.54) is 17.7 Å². The Morgan fingerprint density at radius 2 is 2.13 bits per heavy atom. The summed E-state index contributed by atoms with van der Waals surface area (Å²) < 4.78 is 6.17. The number of likely N-dealkylation sites (tertiary alicyclic amines) is 1.